The number of benzene rings is 1. The lowest BCUT2D eigenvalue weighted by Gasteiger charge is -2.50. The zero-order valence-electron chi connectivity index (χ0n) is 25.3. The molecular formula is C32H40ClFN6O4. The summed E-state index contributed by atoms with van der Waals surface area (Å²) in [5.41, 5.74) is 3.48. The van der Waals surface area contributed by atoms with Crippen LogP contribution in [0, 0.1) is 17.7 Å². The van der Waals surface area contributed by atoms with Gasteiger partial charge in [-0.2, -0.15) is 0 Å². The van der Waals surface area contributed by atoms with Crippen LogP contribution < -0.4 is 16.1 Å². The number of likely N-dealkylation sites (tertiary alicyclic amines) is 1. The van der Waals surface area contributed by atoms with Crippen molar-refractivity contribution in [3.05, 3.63) is 59.1 Å². The number of anilines is 1. The van der Waals surface area contributed by atoms with Gasteiger partial charge in [0.15, 0.2) is 5.82 Å². The number of hydrogen-bond acceptors (Lipinski definition) is 8. The van der Waals surface area contributed by atoms with Crippen LogP contribution in [-0.2, 0) is 25.5 Å². The summed E-state index contributed by atoms with van der Waals surface area (Å²) in [6.07, 6.45) is 2.03. The molecule has 4 fully saturated rings. The highest BCUT2D eigenvalue weighted by molar-refractivity contribution is 6.30. The smallest absolute Gasteiger partial charge is 0.257 e. The Hall–Kier alpha value is -3.12. The molecule has 0 radical (unpaired) electrons. The molecule has 3 N–H and O–H groups in total. The average molecular weight is 627 g/mol. The zero-order chi connectivity index (χ0) is 31.2. The van der Waals surface area contributed by atoms with Crippen LogP contribution in [0.3, 0.4) is 0 Å². The van der Waals surface area contributed by atoms with Crippen LogP contribution in [0.5, 0.6) is 0 Å². The molecule has 5 heterocycles. The third-order valence-electron chi connectivity index (χ3n) is 9.99. The van der Waals surface area contributed by atoms with Gasteiger partial charge in [0.25, 0.3) is 5.91 Å². The van der Waals surface area contributed by atoms with E-state index in [4.69, 9.17) is 16.3 Å². The summed E-state index contributed by atoms with van der Waals surface area (Å²) in [5, 5.41) is 8.65. The van der Waals surface area contributed by atoms with Crippen LogP contribution >= 0.6 is 11.6 Å². The van der Waals surface area contributed by atoms with E-state index in [-0.39, 0.29) is 47.2 Å². The fourth-order valence-electron chi connectivity index (χ4n) is 7.56. The van der Waals surface area contributed by atoms with Gasteiger partial charge in [0.2, 0.25) is 5.91 Å². The van der Waals surface area contributed by atoms with Gasteiger partial charge in [-0.1, -0.05) is 29.8 Å². The largest absolute Gasteiger partial charge is 0.383 e. The second-order valence-electron chi connectivity index (χ2n) is 12.7. The molecule has 1 aromatic carbocycles. The van der Waals surface area contributed by atoms with Crippen molar-refractivity contribution in [3.8, 4) is 0 Å². The molecule has 2 bridgehead atoms. The van der Waals surface area contributed by atoms with Crippen molar-refractivity contribution >= 4 is 34.9 Å². The average Bonchev–Trinajstić information content (AvgIpc) is 3.57. The van der Waals surface area contributed by atoms with Gasteiger partial charge in [0, 0.05) is 62.0 Å². The van der Waals surface area contributed by atoms with Crippen LogP contribution in [-0.4, -0.2) is 88.0 Å². The lowest BCUT2D eigenvalue weighted by atomic mass is 9.64. The molecule has 4 aliphatic heterocycles. The number of halogens is 2. The molecule has 0 saturated carbocycles. The first kappa shape index (κ1) is 30.9. The number of amides is 2. The summed E-state index contributed by atoms with van der Waals surface area (Å²) in [5.74, 6) is -2.73. The van der Waals surface area contributed by atoms with E-state index in [1.54, 1.807) is 4.90 Å². The van der Waals surface area contributed by atoms with E-state index < -0.39 is 35.4 Å². The second kappa shape index (κ2) is 12.3. The van der Waals surface area contributed by atoms with E-state index in [0.29, 0.717) is 38.0 Å². The maximum atomic E-state index is 14.6. The Morgan fingerprint density at radius 1 is 1.27 bits per heavy atom. The quantitative estimate of drug-likeness (QED) is 0.389. The minimum absolute atomic E-state index is 0.0673. The van der Waals surface area contributed by atoms with Gasteiger partial charge in [0.05, 0.1) is 34.8 Å². The van der Waals surface area contributed by atoms with Crippen molar-refractivity contribution in [3.63, 3.8) is 0 Å². The van der Waals surface area contributed by atoms with Gasteiger partial charge >= 0.3 is 0 Å². The number of Topliss-reactive ketones (excluding diaryl/α,β-unsaturated/α-hetero) is 1. The zero-order valence-corrected chi connectivity index (χ0v) is 26.0. The molecule has 4 saturated heterocycles. The van der Waals surface area contributed by atoms with Crippen LogP contribution in [0.2, 0.25) is 5.02 Å². The van der Waals surface area contributed by atoms with Crippen molar-refractivity contribution in [1.29, 1.82) is 0 Å². The summed E-state index contributed by atoms with van der Waals surface area (Å²) in [4.78, 5) is 48.2. The van der Waals surface area contributed by atoms with E-state index in [9.17, 15) is 18.8 Å². The topological polar surface area (TPSA) is 116 Å². The number of carbonyl (C=O) groups is 3. The molecule has 1 aromatic heterocycles. The van der Waals surface area contributed by atoms with Gasteiger partial charge in [-0.15, -0.1) is 0 Å². The lowest BCUT2D eigenvalue weighted by Crippen LogP contribution is -2.69. The van der Waals surface area contributed by atoms with Gasteiger partial charge in [-0.3, -0.25) is 24.8 Å². The number of nitrogens with one attached hydrogen (secondary N) is 3. The Balaban J connectivity index is 1.27. The molecule has 12 heteroatoms. The summed E-state index contributed by atoms with van der Waals surface area (Å²) >= 11 is 5.95. The summed E-state index contributed by atoms with van der Waals surface area (Å²) in [7, 11) is 0. The number of ketones is 1. The number of carbonyl (C=O) groups excluding carboxylic acids is 3. The molecule has 8 unspecified atom stereocenters. The Kier molecular flexibility index (Phi) is 8.67. The third kappa shape index (κ3) is 5.71. The molecule has 44 heavy (non-hydrogen) atoms. The first-order chi connectivity index (χ1) is 21.1. The SMILES string of the molecule is CC1NCCN(NC(=O)C2CC34CCC(O3)C(C(=O)Cc3cc(Cl)c(F)cn3)C4C(=O)N2C(C)CNc2ccccc2)C1C. The number of hydrogen-bond donors (Lipinski definition) is 3. The highest BCUT2D eigenvalue weighted by atomic mass is 35.5. The van der Waals surface area contributed by atoms with Crippen LogP contribution in [0.1, 0.15) is 45.7 Å². The molecule has 0 aliphatic carbocycles. The minimum Gasteiger partial charge on any atom is -0.383 e. The van der Waals surface area contributed by atoms with Crippen molar-refractivity contribution in [2.45, 2.75) is 82.3 Å². The fourth-order valence-corrected chi connectivity index (χ4v) is 7.73. The Labute approximate surface area is 262 Å². The number of hydrazine groups is 1. The minimum atomic E-state index is -0.899. The summed E-state index contributed by atoms with van der Waals surface area (Å²) in [6, 6.07) is 10.2. The van der Waals surface area contributed by atoms with Crippen LogP contribution in [0.15, 0.2) is 42.6 Å². The van der Waals surface area contributed by atoms with E-state index in [1.165, 1.54) is 6.07 Å². The summed E-state index contributed by atoms with van der Waals surface area (Å²) < 4.78 is 20.2. The summed E-state index contributed by atoms with van der Waals surface area (Å²) in [6.45, 7) is 7.87. The number of pyridine rings is 1. The monoisotopic (exact) mass is 626 g/mol. The lowest BCUT2D eigenvalue weighted by molar-refractivity contribution is -0.167. The molecule has 4 aliphatic rings. The van der Waals surface area contributed by atoms with E-state index in [2.05, 4.69) is 34.9 Å². The number of ether oxygens (including phenoxy) is 1. The number of fused-ring (bicyclic) bond motifs is 1. The number of para-hydroxylation sites is 1. The van der Waals surface area contributed by atoms with E-state index in [1.807, 2.05) is 42.3 Å². The molecule has 6 rings (SSSR count). The van der Waals surface area contributed by atoms with E-state index in [0.717, 1.165) is 18.4 Å². The predicted octanol–water partition coefficient (Wildman–Crippen LogP) is 2.96. The second-order valence-corrected chi connectivity index (χ2v) is 13.1. The van der Waals surface area contributed by atoms with Crippen LogP contribution in [0.25, 0.3) is 0 Å². The van der Waals surface area contributed by atoms with Crippen molar-refractivity contribution in [2.75, 3.05) is 25.0 Å². The molecule has 236 valence electrons. The van der Waals surface area contributed by atoms with Gasteiger partial charge in [0.1, 0.15) is 11.8 Å². The first-order valence-corrected chi connectivity index (χ1v) is 15.9. The number of nitrogens with zero attached hydrogens (tertiary/aromatic N) is 3. The number of aromatic nitrogens is 1. The molecular weight excluding hydrogens is 587 g/mol. The van der Waals surface area contributed by atoms with Crippen molar-refractivity contribution in [1.82, 2.24) is 25.6 Å². The number of rotatable bonds is 9. The standard InChI is InChI=1S/C32H40ClFN6O4/c1-18(16-36-21-7-5-4-6-8-21)40-25(30(42)38-39-12-11-35-19(2)20(39)3)15-32-10-9-27(44-32)28(29(32)31(40)43)26(41)14-22-13-23(33)24(34)17-37-22/h4-8,13,17-20,25,27-29,35-36H,9-12,14-16H2,1-3H3,(H,38,42). The third-order valence-corrected chi connectivity index (χ3v) is 10.3. The van der Waals surface area contributed by atoms with Crippen molar-refractivity contribution < 1.29 is 23.5 Å². The number of piperazine rings is 1. The van der Waals surface area contributed by atoms with Gasteiger partial charge in [-0.05, 0) is 51.8 Å². The molecule has 1 spiro atoms. The number of piperidine rings is 1. The Bertz CT molecular complexity index is 1420. The normalized spacial score (nSPS) is 32.3. The maximum Gasteiger partial charge on any atom is 0.257 e. The molecule has 2 amide bonds. The maximum absolute atomic E-state index is 14.6. The van der Waals surface area contributed by atoms with Gasteiger partial charge in [-0.25, -0.2) is 9.40 Å². The molecule has 8 atom stereocenters. The Morgan fingerprint density at radius 3 is 2.80 bits per heavy atom. The fraction of sp³-hybridized carbons (Fsp3) is 0.562. The molecule has 2 aromatic rings. The van der Waals surface area contributed by atoms with Gasteiger partial charge < -0.3 is 20.3 Å². The highest BCUT2D eigenvalue weighted by Crippen LogP contribution is 2.57. The van der Waals surface area contributed by atoms with Crippen molar-refractivity contribution in [2.24, 2.45) is 11.8 Å². The molecule has 10 nitrogen and oxygen atoms in total. The predicted molar refractivity (Wildman–Crippen MR) is 163 cm³/mol. The Morgan fingerprint density at radius 2 is 2.05 bits per heavy atom. The first-order valence-electron chi connectivity index (χ1n) is 15.5. The van der Waals surface area contributed by atoms with E-state index >= 15 is 0 Å². The van der Waals surface area contributed by atoms with Crippen LogP contribution in [0.4, 0.5) is 10.1 Å². The highest BCUT2D eigenvalue weighted by Gasteiger charge is 2.68.